The highest BCUT2D eigenvalue weighted by Gasteiger charge is 2.24. The molecule has 0 N–H and O–H groups in total. The van der Waals surface area contributed by atoms with Crippen molar-refractivity contribution in [2.75, 3.05) is 6.61 Å². The standard InChI is InChI=1S/C15H12Cl2O5S/c1-2-21-13-8-10(9-18)7-12(17)15(13)22-23(19,20)14-6-4-3-5-11(14)16/h3-9H,2H2,1H3. The Morgan fingerprint density at radius 3 is 2.43 bits per heavy atom. The number of hydrogen-bond donors (Lipinski definition) is 0. The minimum Gasteiger partial charge on any atom is -0.490 e. The molecule has 0 fully saturated rings. The summed E-state index contributed by atoms with van der Waals surface area (Å²) in [7, 11) is -4.21. The summed E-state index contributed by atoms with van der Waals surface area (Å²) in [6, 6.07) is 8.49. The van der Waals surface area contributed by atoms with Crippen LogP contribution in [0.2, 0.25) is 10.0 Å². The Balaban J connectivity index is 2.51. The molecule has 0 unspecified atom stereocenters. The molecule has 122 valence electrons. The summed E-state index contributed by atoms with van der Waals surface area (Å²) in [4.78, 5) is 10.7. The van der Waals surface area contributed by atoms with Crippen LogP contribution in [-0.4, -0.2) is 21.3 Å². The van der Waals surface area contributed by atoms with E-state index in [1.54, 1.807) is 13.0 Å². The summed E-state index contributed by atoms with van der Waals surface area (Å²) >= 11 is 11.9. The van der Waals surface area contributed by atoms with E-state index in [1.807, 2.05) is 0 Å². The van der Waals surface area contributed by atoms with E-state index >= 15 is 0 Å². The van der Waals surface area contributed by atoms with Crippen LogP contribution in [-0.2, 0) is 10.1 Å². The van der Waals surface area contributed by atoms with Gasteiger partial charge in [-0.3, -0.25) is 4.79 Å². The first-order chi connectivity index (χ1) is 10.9. The quantitative estimate of drug-likeness (QED) is 0.564. The Morgan fingerprint density at radius 1 is 1.13 bits per heavy atom. The Bertz CT molecular complexity index is 834. The largest absolute Gasteiger partial charge is 0.490 e. The lowest BCUT2D eigenvalue weighted by Crippen LogP contribution is -2.12. The van der Waals surface area contributed by atoms with Crippen molar-refractivity contribution < 1.29 is 22.1 Å². The van der Waals surface area contributed by atoms with Crippen molar-refractivity contribution in [3.8, 4) is 11.5 Å². The Hall–Kier alpha value is -1.76. The van der Waals surface area contributed by atoms with Crippen molar-refractivity contribution in [2.45, 2.75) is 11.8 Å². The van der Waals surface area contributed by atoms with Gasteiger partial charge in [0.05, 0.1) is 16.7 Å². The van der Waals surface area contributed by atoms with Crippen LogP contribution in [0.1, 0.15) is 17.3 Å². The SMILES string of the molecule is CCOc1cc(C=O)cc(Cl)c1OS(=O)(=O)c1ccccc1Cl. The molecule has 0 saturated heterocycles. The van der Waals surface area contributed by atoms with Crippen molar-refractivity contribution in [3.05, 3.63) is 52.0 Å². The van der Waals surface area contributed by atoms with Crippen LogP contribution in [0.4, 0.5) is 0 Å². The van der Waals surface area contributed by atoms with Crippen LogP contribution in [0.3, 0.4) is 0 Å². The van der Waals surface area contributed by atoms with Gasteiger partial charge in [-0.2, -0.15) is 8.42 Å². The van der Waals surface area contributed by atoms with Crippen molar-refractivity contribution in [2.24, 2.45) is 0 Å². The predicted molar refractivity (Wildman–Crippen MR) is 87.3 cm³/mol. The minimum atomic E-state index is -4.21. The van der Waals surface area contributed by atoms with Gasteiger partial charge in [0.1, 0.15) is 11.2 Å². The van der Waals surface area contributed by atoms with E-state index in [-0.39, 0.29) is 38.6 Å². The van der Waals surface area contributed by atoms with Crippen LogP contribution in [0, 0.1) is 0 Å². The maximum absolute atomic E-state index is 12.4. The highest BCUT2D eigenvalue weighted by Crippen LogP contribution is 2.38. The molecule has 2 aromatic carbocycles. The van der Waals surface area contributed by atoms with Gasteiger partial charge in [-0.05, 0) is 31.2 Å². The molecule has 2 rings (SSSR count). The number of ether oxygens (including phenoxy) is 1. The van der Waals surface area contributed by atoms with Gasteiger partial charge in [-0.1, -0.05) is 35.3 Å². The molecule has 0 heterocycles. The first-order valence-corrected chi connectivity index (χ1v) is 8.66. The number of benzene rings is 2. The fourth-order valence-electron chi connectivity index (χ4n) is 1.80. The minimum absolute atomic E-state index is 0.0195. The molecule has 0 saturated carbocycles. The number of carbonyl (C=O) groups excluding carboxylic acids is 1. The number of aldehydes is 1. The summed E-state index contributed by atoms with van der Waals surface area (Å²) in [6.07, 6.45) is 0.570. The van der Waals surface area contributed by atoms with Crippen molar-refractivity contribution in [1.82, 2.24) is 0 Å². The van der Waals surface area contributed by atoms with Gasteiger partial charge in [-0.15, -0.1) is 0 Å². The third-order valence-corrected chi connectivity index (χ3v) is 4.77. The summed E-state index contributed by atoms with van der Waals surface area (Å²) < 4.78 is 35.2. The third kappa shape index (κ3) is 3.96. The molecule has 5 nitrogen and oxygen atoms in total. The lowest BCUT2D eigenvalue weighted by molar-refractivity contribution is 0.112. The fraction of sp³-hybridized carbons (Fsp3) is 0.133. The van der Waals surface area contributed by atoms with Gasteiger partial charge >= 0.3 is 10.1 Å². The zero-order valence-electron chi connectivity index (χ0n) is 12.0. The topological polar surface area (TPSA) is 69.7 Å². The fourth-order valence-corrected chi connectivity index (χ4v) is 3.56. The van der Waals surface area contributed by atoms with Crippen molar-refractivity contribution in [3.63, 3.8) is 0 Å². The Labute approximate surface area is 143 Å². The predicted octanol–water partition coefficient (Wildman–Crippen LogP) is 3.97. The molecule has 0 aromatic heterocycles. The van der Waals surface area contributed by atoms with Crippen LogP contribution in [0.5, 0.6) is 11.5 Å². The molecule has 0 spiro atoms. The zero-order valence-corrected chi connectivity index (χ0v) is 14.3. The second kappa shape index (κ2) is 7.21. The monoisotopic (exact) mass is 374 g/mol. The summed E-state index contributed by atoms with van der Waals surface area (Å²) in [5.41, 5.74) is 0.237. The third-order valence-electron chi connectivity index (χ3n) is 2.77. The Kier molecular flexibility index (Phi) is 5.51. The van der Waals surface area contributed by atoms with E-state index in [0.29, 0.717) is 6.29 Å². The number of rotatable bonds is 6. The second-order valence-corrected chi connectivity index (χ2v) is 6.68. The smallest absolute Gasteiger partial charge is 0.340 e. The molecule has 2 aromatic rings. The molecule has 8 heteroatoms. The molecule has 0 aliphatic rings. The van der Waals surface area contributed by atoms with Crippen LogP contribution < -0.4 is 8.92 Å². The van der Waals surface area contributed by atoms with Gasteiger partial charge in [0.25, 0.3) is 0 Å². The molecule has 0 aliphatic heterocycles. The van der Waals surface area contributed by atoms with Crippen molar-refractivity contribution in [1.29, 1.82) is 0 Å². The van der Waals surface area contributed by atoms with Crippen LogP contribution in [0.25, 0.3) is 0 Å². The van der Waals surface area contributed by atoms with Gasteiger partial charge in [0.2, 0.25) is 5.75 Å². The van der Waals surface area contributed by atoms with E-state index in [4.69, 9.17) is 32.1 Å². The summed E-state index contributed by atoms with van der Waals surface area (Å²) in [6.45, 7) is 1.94. The van der Waals surface area contributed by atoms with E-state index in [2.05, 4.69) is 0 Å². The van der Waals surface area contributed by atoms with Gasteiger partial charge < -0.3 is 8.92 Å². The molecule has 0 atom stereocenters. The van der Waals surface area contributed by atoms with Gasteiger partial charge in [-0.25, -0.2) is 0 Å². The first kappa shape index (κ1) is 17.6. The van der Waals surface area contributed by atoms with Gasteiger partial charge in [0, 0.05) is 5.56 Å². The van der Waals surface area contributed by atoms with Crippen LogP contribution in [0.15, 0.2) is 41.3 Å². The first-order valence-electron chi connectivity index (χ1n) is 6.49. The lowest BCUT2D eigenvalue weighted by atomic mass is 10.2. The maximum Gasteiger partial charge on any atom is 0.340 e. The van der Waals surface area contributed by atoms with E-state index in [1.165, 1.54) is 30.3 Å². The lowest BCUT2D eigenvalue weighted by Gasteiger charge is -2.14. The second-order valence-electron chi connectivity index (χ2n) is 4.35. The summed E-state index contributed by atoms with van der Waals surface area (Å²) in [5.74, 6) is -0.142. The normalized spacial score (nSPS) is 11.1. The highest BCUT2D eigenvalue weighted by molar-refractivity contribution is 7.87. The molecule has 0 aliphatic carbocycles. The molecule has 23 heavy (non-hydrogen) atoms. The Morgan fingerprint density at radius 2 is 1.83 bits per heavy atom. The van der Waals surface area contributed by atoms with Gasteiger partial charge in [0.15, 0.2) is 5.75 Å². The van der Waals surface area contributed by atoms with E-state index < -0.39 is 10.1 Å². The maximum atomic E-state index is 12.4. The zero-order chi connectivity index (χ0) is 17.0. The molecule has 0 radical (unpaired) electrons. The number of halogens is 2. The average Bonchev–Trinajstić information content (AvgIpc) is 2.50. The average molecular weight is 375 g/mol. The molecule has 0 amide bonds. The van der Waals surface area contributed by atoms with Crippen molar-refractivity contribution >= 4 is 39.6 Å². The molecular weight excluding hydrogens is 363 g/mol. The van der Waals surface area contributed by atoms with E-state index in [9.17, 15) is 13.2 Å². The summed E-state index contributed by atoms with van der Waals surface area (Å²) in [5, 5.41) is -0.0419. The van der Waals surface area contributed by atoms with E-state index in [0.717, 1.165) is 0 Å². The molecule has 0 bridgehead atoms. The van der Waals surface area contributed by atoms with Crippen LogP contribution >= 0.6 is 23.2 Å². The highest BCUT2D eigenvalue weighted by atomic mass is 35.5. The number of carbonyl (C=O) groups is 1. The number of hydrogen-bond acceptors (Lipinski definition) is 5. The molecular formula is C15H12Cl2O5S.